The standard InChI is InChI=1S/C25H37N5O8/c1-3-14(2)21(30-22(34)16(26)9-11-19(27)31)24(36)29-18(13-15-7-5-4-6-8-15)23(35)28-17(25(37)38)10-12-20(32)33/h4-8,14,16-18,21H,3,9-13,26H2,1-2H3,(H2,27,31)(H,28,35)(H,29,36)(H,30,34)(H,32,33)(H,37,38). The van der Waals surface area contributed by atoms with Gasteiger partial charge in [-0.1, -0.05) is 50.6 Å². The van der Waals surface area contributed by atoms with Crippen LogP contribution in [0.4, 0.5) is 0 Å². The van der Waals surface area contributed by atoms with Crippen LogP contribution in [0.15, 0.2) is 30.3 Å². The molecular formula is C25H37N5O8. The molecule has 0 aliphatic rings. The monoisotopic (exact) mass is 535 g/mol. The summed E-state index contributed by atoms with van der Waals surface area (Å²) in [5.74, 6) is -5.82. The van der Waals surface area contributed by atoms with Crippen molar-refractivity contribution in [1.82, 2.24) is 16.0 Å². The number of aliphatic carboxylic acids is 2. The molecule has 0 aliphatic heterocycles. The molecule has 13 nitrogen and oxygen atoms in total. The number of rotatable bonds is 17. The van der Waals surface area contributed by atoms with Crippen LogP contribution in [0.1, 0.15) is 51.5 Å². The lowest BCUT2D eigenvalue weighted by molar-refractivity contribution is -0.143. The number of hydrogen-bond donors (Lipinski definition) is 7. The summed E-state index contributed by atoms with van der Waals surface area (Å²) in [6.45, 7) is 3.52. The first kappa shape index (κ1) is 32.0. The van der Waals surface area contributed by atoms with Crippen LogP contribution in [-0.4, -0.2) is 69.9 Å². The van der Waals surface area contributed by atoms with E-state index in [-0.39, 0.29) is 31.6 Å². The van der Waals surface area contributed by atoms with Gasteiger partial charge in [0.2, 0.25) is 23.6 Å². The fourth-order valence-electron chi connectivity index (χ4n) is 3.51. The third kappa shape index (κ3) is 11.4. The van der Waals surface area contributed by atoms with E-state index in [9.17, 15) is 33.9 Å². The number of nitrogens with one attached hydrogen (secondary N) is 3. The fraction of sp³-hybridized carbons (Fsp3) is 0.520. The Bertz CT molecular complexity index is 987. The quantitative estimate of drug-likeness (QED) is 0.133. The van der Waals surface area contributed by atoms with Crippen molar-refractivity contribution in [3.63, 3.8) is 0 Å². The van der Waals surface area contributed by atoms with E-state index in [0.29, 0.717) is 12.0 Å². The van der Waals surface area contributed by atoms with Gasteiger partial charge in [-0.25, -0.2) is 4.79 Å². The second-order valence-corrected chi connectivity index (χ2v) is 9.07. The minimum Gasteiger partial charge on any atom is -0.481 e. The van der Waals surface area contributed by atoms with Crippen LogP contribution >= 0.6 is 0 Å². The largest absolute Gasteiger partial charge is 0.481 e. The highest BCUT2D eigenvalue weighted by atomic mass is 16.4. The molecule has 0 aromatic heterocycles. The summed E-state index contributed by atoms with van der Waals surface area (Å²) in [7, 11) is 0. The van der Waals surface area contributed by atoms with E-state index in [4.69, 9.17) is 16.6 Å². The highest BCUT2D eigenvalue weighted by molar-refractivity contribution is 5.94. The highest BCUT2D eigenvalue weighted by Gasteiger charge is 2.32. The van der Waals surface area contributed by atoms with Crippen LogP contribution in [0.5, 0.6) is 0 Å². The van der Waals surface area contributed by atoms with Crippen molar-refractivity contribution in [1.29, 1.82) is 0 Å². The Labute approximate surface area is 220 Å². The zero-order valence-corrected chi connectivity index (χ0v) is 21.5. The van der Waals surface area contributed by atoms with Crippen LogP contribution in [0.3, 0.4) is 0 Å². The predicted molar refractivity (Wildman–Crippen MR) is 136 cm³/mol. The van der Waals surface area contributed by atoms with Crippen molar-refractivity contribution in [2.24, 2.45) is 17.4 Å². The van der Waals surface area contributed by atoms with Gasteiger partial charge in [0.25, 0.3) is 0 Å². The van der Waals surface area contributed by atoms with Crippen LogP contribution in [0, 0.1) is 5.92 Å². The van der Waals surface area contributed by atoms with Gasteiger partial charge >= 0.3 is 11.9 Å². The Hall–Kier alpha value is -4.00. The molecule has 0 aliphatic carbocycles. The Kier molecular flexibility index (Phi) is 13.5. The molecule has 0 bridgehead atoms. The molecule has 13 heteroatoms. The molecule has 5 atom stereocenters. The molecule has 0 saturated carbocycles. The number of carboxylic acid groups (broad SMARTS) is 2. The normalized spacial score (nSPS) is 14.7. The first-order chi connectivity index (χ1) is 17.8. The third-order valence-electron chi connectivity index (χ3n) is 6.01. The maximum absolute atomic E-state index is 13.3. The number of carbonyl (C=O) groups is 6. The lowest BCUT2D eigenvalue weighted by atomic mass is 9.96. The zero-order valence-electron chi connectivity index (χ0n) is 21.5. The van der Waals surface area contributed by atoms with Crippen LogP contribution in [-0.2, 0) is 35.2 Å². The molecule has 0 radical (unpaired) electrons. The third-order valence-corrected chi connectivity index (χ3v) is 6.01. The minimum absolute atomic E-state index is 0.00296. The van der Waals surface area contributed by atoms with Crippen molar-refractivity contribution in [2.75, 3.05) is 0 Å². The lowest BCUT2D eigenvalue weighted by Crippen LogP contribution is -2.59. The Balaban J connectivity index is 3.12. The summed E-state index contributed by atoms with van der Waals surface area (Å²) in [5.41, 5.74) is 11.6. The average Bonchev–Trinajstić information content (AvgIpc) is 2.87. The maximum atomic E-state index is 13.3. The molecular weight excluding hydrogens is 498 g/mol. The van der Waals surface area contributed by atoms with E-state index in [1.54, 1.807) is 44.2 Å². The van der Waals surface area contributed by atoms with Gasteiger partial charge in [-0.15, -0.1) is 0 Å². The predicted octanol–water partition coefficient (Wildman–Crippen LogP) is -0.728. The maximum Gasteiger partial charge on any atom is 0.326 e. The SMILES string of the molecule is CCC(C)C(NC(=O)C(N)CCC(N)=O)C(=O)NC(Cc1ccccc1)C(=O)NC(CCC(=O)O)C(=O)O. The van der Waals surface area contributed by atoms with E-state index in [1.807, 2.05) is 0 Å². The molecule has 1 rings (SSSR count). The van der Waals surface area contributed by atoms with E-state index in [2.05, 4.69) is 16.0 Å². The van der Waals surface area contributed by atoms with E-state index in [0.717, 1.165) is 0 Å². The molecule has 4 amide bonds. The number of primary amides is 1. The van der Waals surface area contributed by atoms with Crippen molar-refractivity contribution in [2.45, 2.75) is 76.5 Å². The molecule has 5 unspecified atom stereocenters. The van der Waals surface area contributed by atoms with E-state index < -0.39 is 66.2 Å². The Morgan fingerprint density at radius 2 is 1.45 bits per heavy atom. The van der Waals surface area contributed by atoms with Crippen molar-refractivity contribution < 1.29 is 39.0 Å². The Morgan fingerprint density at radius 3 is 1.97 bits per heavy atom. The molecule has 0 spiro atoms. The number of carboxylic acids is 2. The van der Waals surface area contributed by atoms with Gasteiger partial charge in [-0.2, -0.15) is 0 Å². The number of benzene rings is 1. The smallest absolute Gasteiger partial charge is 0.326 e. The summed E-state index contributed by atoms with van der Waals surface area (Å²) in [6, 6.07) is 3.78. The molecule has 9 N–H and O–H groups in total. The zero-order chi connectivity index (χ0) is 28.8. The van der Waals surface area contributed by atoms with Crippen LogP contribution in [0.25, 0.3) is 0 Å². The first-order valence-corrected chi connectivity index (χ1v) is 12.3. The van der Waals surface area contributed by atoms with Gasteiger partial charge in [0, 0.05) is 19.3 Å². The summed E-state index contributed by atoms with van der Waals surface area (Å²) in [5, 5.41) is 25.8. The number of nitrogens with two attached hydrogens (primary N) is 2. The van der Waals surface area contributed by atoms with Crippen molar-refractivity contribution in [3.8, 4) is 0 Å². The van der Waals surface area contributed by atoms with Crippen molar-refractivity contribution in [3.05, 3.63) is 35.9 Å². The summed E-state index contributed by atoms with van der Waals surface area (Å²) in [4.78, 5) is 72.4. The molecule has 1 aromatic carbocycles. The number of carbonyl (C=O) groups excluding carboxylic acids is 4. The second kappa shape index (κ2) is 16.0. The van der Waals surface area contributed by atoms with Gasteiger partial charge in [0.15, 0.2) is 0 Å². The summed E-state index contributed by atoms with van der Waals surface area (Å²) < 4.78 is 0. The van der Waals surface area contributed by atoms with Crippen molar-refractivity contribution >= 4 is 35.6 Å². The highest BCUT2D eigenvalue weighted by Crippen LogP contribution is 2.11. The van der Waals surface area contributed by atoms with Crippen LogP contribution < -0.4 is 27.4 Å². The second-order valence-electron chi connectivity index (χ2n) is 9.07. The van der Waals surface area contributed by atoms with Gasteiger partial charge in [-0.3, -0.25) is 24.0 Å². The van der Waals surface area contributed by atoms with E-state index in [1.165, 1.54) is 0 Å². The van der Waals surface area contributed by atoms with Gasteiger partial charge in [0.1, 0.15) is 18.1 Å². The van der Waals surface area contributed by atoms with Crippen LogP contribution in [0.2, 0.25) is 0 Å². The fourth-order valence-corrected chi connectivity index (χ4v) is 3.51. The number of hydrogen-bond acceptors (Lipinski definition) is 7. The lowest BCUT2D eigenvalue weighted by Gasteiger charge is -2.28. The minimum atomic E-state index is -1.48. The molecule has 210 valence electrons. The molecule has 1 aromatic rings. The topological polar surface area (TPSA) is 231 Å². The summed E-state index contributed by atoms with van der Waals surface area (Å²) >= 11 is 0. The number of amides is 4. The molecule has 0 heterocycles. The summed E-state index contributed by atoms with van der Waals surface area (Å²) in [6.07, 6.45) is -0.464. The molecule has 0 fully saturated rings. The molecule has 0 saturated heterocycles. The van der Waals surface area contributed by atoms with Gasteiger partial charge in [-0.05, 0) is 24.3 Å². The Morgan fingerprint density at radius 1 is 0.842 bits per heavy atom. The molecule has 38 heavy (non-hydrogen) atoms. The first-order valence-electron chi connectivity index (χ1n) is 12.3. The van der Waals surface area contributed by atoms with E-state index >= 15 is 0 Å². The van der Waals surface area contributed by atoms with Gasteiger partial charge < -0.3 is 37.6 Å². The van der Waals surface area contributed by atoms with Gasteiger partial charge in [0.05, 0.1) is 6.04 Å². The average molecular weight is 536 g/mol.